The summed E-state index contributed by atoms with van der Waals surface area (Å²) in [6.07, 6.45) is 4.23. The minimum atomic E-state index is 0.891. The second-order valence-corrected chi connectivity index (χ2v) is 3.95. The molecule has 2 nitrogen and oxygen atoms in total. The smallest absolute Gasteiger partial charge is 0.0223 e. The van der Waals surface area contributed by atoms with Crippen LogP contribution in [0.15, 0.2) is 0 Å². The molecule has 2 aliphatic heterocycles. The van der Waals surface area contributed by atoms with Gasteiger partial charge in [0.2, 0.25) is 0 Å². The maximum absolute atomic E-state index is 2.67. The summed E-state index contributed by atoms with van der Waals surface area (Å²) in [6.45, 7) is 5.31. The molecule has 2 aliphatic rings. The van der Waals surface area contributed by atoms with Crippen LogP contribution in [0.2, 0.25) is 0 Å². The van der Waals surface area contributed by atoms with Crippen LogP contribution in [0, 0.1) is 0 Å². The van der Waals surface area contributed by atoms with Crippen LogP contribution in [0.25, 0.3) is 0 Å². The Morgan fingerprint density at radius 2 is 1.91 bits per heavy atom. The molecule has 0 aromatic heterocycles. The summed E-state index contributed by atoms with van der Waals surface area (Å²) < 4.78 is 0. The van der Waals surface area contributed by atoms with E-state index in [0.29, 0.717) is 0 Å². The molecule has 2 saturated heterocycles. The largest absolute Gasteiger partial charge is 0.305 e. The third kappa shape index (κ3) is 1.57. The van der Waals surface area contributed by atoms with E-state index in [-0.39, 0.29) is 0 Å². The summed E-state index contributed by atoms with van der Waals surface area (Å²) in [5.74, 6) is 0. The molecule has 0 spiro atoms. The summed E-state index contributed by atoms with van der Waals surface area (Å²) in [5, 5.41) is 0. The quantitative estimate of drug-likeness (QED) is 0.509. The van der Waals surface area contributed by atoms with E-state index in [0.717, 1.165) is 6.04 Å². The average molecular weight is 154 g/mol. The van der Waals surface area contributed by atoms with Gasteiger partial charge in [0.1, 0.15) is 0 Å². The molecule has 0 aromatic rings. The van der Waals surface area contributed by atoms with Gasteiger partial charge in [-0.2, -0.15) is 0 Å². The number of nitrogens with zero attached hydrogens (tertiary/aromatic N) is 2. The van der Waals surface area contributed by atoms with Gasteiger partial charge in [-0.3, -0.25) is 4.90 Å². The van der Waals surface area contributed by atoms with Crippen LogP contribution in [0.5, 0.6) is 0 Å². The van der Waals surface area contributed by atoms with Crippen molar-refractivity contribution in [3.05, 3.63) is 0 Å². The molecular weight excluding hydrogens is 136 g/mol. The van der Waals surface area contributed by atoms with Crippen molar-refractivity contribution in [2.45, 2.75) is 25.3 Å². The third-order valence-corrected chi connectivity index (χ3v) is 3.01. The lowest BCUT2D eigenvalue weighted by Crippen LogP contribution is -2.34. The van der Waals surface area contributed by atoms with E-state index in [1.54, 1.807) is 0 Å². The van der Waals surface area contributed by atoms with E-state index in [1.807, 2.05) is 0 Å². The van der Waals surface area contributed by atoms with Crippen molar-refractivity contribution in [2.24, 2.45) is 0 Å². The monoisotopic (exact) mass is 154 g/mol. The van der Waals surface area contributed by atoms with Crippen molar-refractivity contribution >= 4 is 0 Å². The summed E-state index contributed by atoms with van der Waals surface area (Å²) >= 11 is 0. The van der Waals surface area contributed by atoms with Crippen LogP contribution in [0.4, 0.5) is 0 Å². The second kappa shape index (κ2) is 3.11. The summed E-state index contributed by atoms with van der Waals surface area (Å²) in [7, 11) is 2.25. The van der Waals surface area contributed by atoms with Gasteiger partial charge < -0.3 is 4.90 Å². The highest BCUT2D eigenvalue weighted by molar-refractivity contribution is 4.83. The highest BCUT2D eigenvalue weighted by Crippen LogP contribution is 2.20. The van der Waals surface area contributed by atoms with E-state index in [9.17, 15) is 0 Å². The van der Waals surface area contributed by atoms with Crippen LogP contribution < -0.4 is 0 Å². The minimum absolute atomic E-state index is 0.891. The van der Waals surface area contributed by atoms with Gasteiger partial charge in [0.25, 0.3) is 0 Å². The topological polar surface area (TPSA) is 6.48 Å². The zero-order chi connectivity index (χ0) is 7.68. The average Bonchev–Trinajstić information content (AvgIpc) is 2.31. The highest BCUT2D eigenvalue weighted by Gasteiger charge is 2.26. The van der Waals surface area contributed by atoms with Gasteiger partial charge in [0.05, 0.1) is 0 Å². The molecule has 0 saturated carbocycles. The van der Waals surface area contributed by atoms with E-state index in [2.05, 4.69) is 16.8 Å². The van der Waals surface area contributed by atoms with Crippen LogP contribution in [0.1, 0.15) is 19.3 Å². The summed E-state index contributed by atoms with van der Waals surface area (Å²) in [4.78, 5) is 5.15. The van der Waals surface area contributed by atoms with E-state index < -0.39 is 0 Å². The molecule has 0 bridgehead atoms. The Kier molecular flexibility index (Phi) is 2.14. The molecule has 0 aromatic carbocycles. The van der Waals surface area contributed by atoms with Crippen molar-refractivity contribution in [2.75, 3.05) is 33.2 Å². The van der Waals surface area contributed by atoms with Crippen molar-refractivity contribution in [3.63, 3.8) is 0 Å². The molecule has 2 rings (SSSR count). The molecule has 2 heterocycles. The van der Waals surface area contributed by atoms with E-state index in [1.165, 1.54) is 45.4 Å². The molecule has 2 heteroatoms. The van der Waals surface area contributed by atoms with Crippen LogP contribution >= 0.6 is 0 Å². The number of hydrogen-bond donors (Lipinski definition) is 0. The Bertz CT molecular complexity index is 136. The first kappa shape index (κ1) is 7.56. The Hall–Kier alpha value is -0.0800. The van der Waals surface area contributed by atoms with Crippen LogP contribution in [-0.2, 0) is 0 Å². The SMILES string of the molecule is CN1CCCN2CCC[C@@H]2C1. The van der Waals surface area contributed by atoms with Crippen molar-refractivity contribution in [1.82, 2.24) is 9.80 Å². The molecule has 0 aliphatic carbocycles. The summed E-state index contributed by atoms with van der Waals surface area (Å²) in [5.41, 5.74) is 0. The lowest BCUT2D eigenvalue weighted by Gasteiger charge is -2.22. The Labute approximate surface area is 69.2 Å². The predicted molar refractivity (Wildman–Crippen MR) is 46.7 cm³/mol. The van der Waals surface area contributed by atoms with Gasteiger partial charge in [0, 0.05) is 12.6 Å². The number of rotatable bonds is 0. The van der Waals surface area contributed by atoms with Crippen LogP contribution in [0.3, 0.4) is 0 Å². The fourth-order valence-corrected chi connectivity index (χ4v) is 2.39. The molecule has 2 fully saturated rings. The van der Waals surface area contributed by atoms with Gasteiger partial charge in [-0.15, -0.1) is 0 Å². The van der Waals surface area contributed by atoms with Crippen molar-refractivity contribution < 1.29 is 0 Å². The maximum atomic E-state index is 2.67. The van der Waals surface area contributed by atoms with Crippen LogP contribution in [-0.4, -0.2) is 49.1 Å². The Morgan fingerprint density at radius 3 is 2.82 bits per heavy atom. The number of likely N-dealkylation sites (N-methyl/N-ethyl adjacent to an activating group) is 1. The zero-order valence-electron chi connectivity index (χ0n) is 7.42. The minimum Gasteiger partial charge on any atom is -0.305 e. The lowest BCUT2D eigenvalue weighted by atomic mass is 10.2. The molecule has 64 valence electrons. The first-order chi connectivity index (χ1) is 5.36. The van der Waals surface area contributed by atoms with E-state index >= 15 is 0 Å². The van der Waals surface area contributed by atoms with Crippen molar-refractivity contribution in [1.29, 1.82) is 0 Å². The maximum Gasteiger partial charge on any atom is 0.0223 e. The summed E-state index contributed by atoms with van der Waals surface area (Å²) in [6, 6.07) is 0.891. The number of fused-ring (bicyclic) bond motifs is 1. The second-order valence-electron chi connectivity index (χ2n) is 3.95. The lowest BCUT2D eigenvalue weighted by molar-refractivity contribution is 0.241. The molecule has 11 heavy (non-hydrogen) atoms. The first-order valence-electron chi connectivity index (χ1n) is 4.79. The fourth-order valence-electron chi connectivity index (χ4n) is 2.39. The molecule has 0 amide bonds. The fraction of sp³-hybridized carbons (Fsp3) is 1.00. The molecular formula is C9H18N2. The molecule has 0 unspecified atom stereocenters. The third-order valence-electron chi connectivity index (χ3n) is 3.01. The van der Waals surface area contributed by atoms with E-state index in [4.69, 9.17) is 0 Å². The molecule has 1 atom stereocenters. The normalized spacial score (nSPS) is 35.2. The molecule has 0 N–H and O–H groups in total. The standard InChI is InChI=1S/C9H18N2/c1-10-5-3-7-11-6-2-4-9(11)8-10/h9H,2-8H2,1H3/t9-/m1/s1. The number of hydrogen-bond acceptors (Lipinski definition) is 2. The van der Waals surface area contributed by atoms with Gasteiger partial charge in [-0.05, 0) is 45.9 Å². The predicted octanol–water partition coefficient (Wildman–Crippen LogP) is 0.786. The van der Waals surface area contributed by atoms with Gasteiger partial charge in [-0.1, -0.05) is 0 Å². The Morgan fingerprint density at radius 1 is 1.09 bits per heavy atom. The van der Waals surface area contributed by atoms with Gasteiger partial charge in [-0.25, -0.2) is 0 Å². The zero-order valence-corrected chi connectivity index (χ0v) is 7.42. The molecule has 0 radical (unpaired) electrons. The first-order valence-corrected chi connectivity index (χ1v) is 4.79. The van der Waals surface area contributed by atoms with Gasteiger partial charge >= 0.3 is 0 Å². The van der Waals surface area contributed by atoms with Crippen molar-refractivity contribution in [3.8, 4) is 0 Å². The highest BCUT2D eigenvalue weighted by atomic mass is 15.2. The van der Waals surface area contributed by atoms with Gasteiger partial charge in [0.15, 0.2) is 0 Å². The Balaban J connectivity index is 1.98.